The molecule has 0 aliphatic carbocycles. The third kappa shape index (κ3) is 6.49. The average Bonchev–Trinajstić information content (AvgIpc) is 3.23. The van der Waals surface area contributed by atoms with E-state index in [9.17, 15) is 0 Å². The molecule has 2 saturated heterocycles. The van der Waals surface area contributed by atoms with Gasteiger partial charge in [-0.25, -0.2) is 0 Å². The second-order valence-corrected chi connectivity index (χ2v) is 7.45. The molecule has 1 aromatic rings. The van der Waals surface area contributed by atoms with Crippen LogP contribution in [-0.2, 0) is 9.47 Å². The van der Waals surface area contributed by atoms with Gasteiger partial charge in [-0.2, -0.15) is 0 Å². The van der Waals surface area contributed by atoms with E-state index in [1.807, 2.05) is 19.2 Å². The minimum Gasteiger partial charge on any atom is -0.492 e. The molecule has 2 unspecified atom stereocenters. The van der Waals surface area contributed by atoms with Crippen LogP contribution in [0.15, 0.2) is 29.3 Å². The molecular weight excluding hydrogens is 469 g/mol. The summed E-state index contributed by atoms with van der Waals surface area (Å²) in [5.41, 5.74) is 1.33. The normalized spacial score (nSPS) is 22.9. The van der Waals surface area contributed by atoms with Crippen LogP contribution in [0, 0.1) is 0 Å². The molecule has 0 radical (unpaired) electrons. The quantitative estimate of drug-likeness (QED) is 0.280. The summed E-state index contributed by atoms with van der Waals surface area (Å²) in [5, 5.41) is 3.40. The standard InChI is InChI=1S/C21H33N3O3.HI/c1-16(2)17-6-8-18(9-7-17)25-13-10-23-21(22-3)24-11-14-27-20(15-24)19-5-4-12-26-19;/h6-9,16,19-20H,4-5,10-15H2,1-3H3,(H,22,23);1H. The van der Waals surface area contributed by atoms with Gasteiger partial charge < -0.3 is 24.4 Å². The van der Waals surface area contributed by atoms with Crippen LogP contribution in [0.5, 0.6) is 5.75 Å². The van der Waals surface area contributed by atoms with Gasteiger partial charge in [0.1, 0.15) is 18.5 Å². The maximum absolute atomic E-state index is 5.92. The van der Waals surface area contributed by atoms with Crippen molar-refractivity contribution in [1.29, 1.82) is 0 Å². The molecule has 6 nitrogen and oxygen atoms in total. The number of benzene rings is 1. The van der Waals surface area contributed by atoms with Crippen LogP contribution < -0.4 is 10.1 Å². The number of ether oxygens (including phenoxy) is 3. The van der Waals surface area contributed by atoms with Gasteiger partial charge in [-0.15, -0.1) is 24.0 Å². The van der Waals surface area contributed by atoms with Gasteiger partial charge in [-0.1, -0.05) is 26.0 Å². The maximum atomic E-state index is 5.92. The summed E-state index contributed by atoms with van der Waals surface area (Å²) in [5.74, 6) is 2.34. The van der Waals surface area contributed by atoms with Gasteiger partial charge in [0.15, 0.2) is 5.96 Å². The van der Waals surface area contributed by atoms with Crippen LogP contribution in [0.1, 0.15) is 38.2 Å². The number of nitrogens with one attached hydrogen (secondary N) is 1. The number of rotatable bonds is 6. The number of aliphatic imine (C=N–C) groups is 1. The number of morpholine rings is 1. The molecule has 0 aromatic heterocycles. The Morgan fingerprint density at radius 3 is 2.61 bits per heavy atom. The molecule has 2 atom stereocenters. The zero-order chi connectivity index (χ0) is 19.1. The maximum Gasteiger partial charge on any atom is 0.193 e. The number of nitrogens with zero attached hydrogens (tertiary/aromatic N) is 2. The van der Waals surface area contributed by atoms with E-state index in [1.165, 1.54) is 5.56 Å². The fraction of sp³-hybridized carbons (Fsp3) is 0.667. The van der Waals surface area contributed by atoms with Crippen LogP contribution in [0.2, 0.25) is 0 Å². The first kappa shape index (κ1) is 23.2. The van der Waals surface area contributed by atoms with Crippen LogP contribution in [-0.4, -0.2) is 69.6 Å². The number of halogens is 1. The molecule has 1 aromatic carbocycles. The first-order chi connectivity index (χ1) is 13.2. The fourth-order valence-electron chi connectivity index (χ4n) is 3.60. The molecule has 0 spiro atoms. The molecule has 3 rings (SSSR count). The van der Waals surface area contributed by atoms with Gasteiger partial charge in [-0.05, 0) is 36.5 Å². The second-order valence-electron chi connectivity index (χ2n) is 7.45. The van der Waals surface area contributed by atoms with Gasteiger partial charge in [0.05, 0.1) is 19.3 Å². The molecule has 2 heterocycles. The largest absolute Gasteiger partial charge is 0.492 e. The van der Waals surface area contributed by atoms with Crippen molar-refractivity contribution in [2.24, 2.45) is 4.99 Å². The van der Waals surface area contributed by atoms with E-state index in [0.29, 0.717) is 25.7 Å². The molecule has 0 saturated carbocycles. The minimum atomic E-state index is 0. The van der Waals surface area contributed by atoms with Crippen molar-refractivity contribution in [1.82, 2.24) is 10.2 Å². The highest BCUT2D eigenvalue weighted by Gasteiger charge is 2.32. The average molecular weight is 503 g/mol. The summed E-state index contributed by atoms with van der Waals surface area (Å²) in [6.45, 7) is 8.93. The first-order valence-electron chi connectivity index (χ1n) is 10.1. The van der Waals surface area contributed by atoms with Crippen molar-refractivity contribution < 1.29 is 14.2 Å². The van der Waals surface area contributed by atoms with Gasteiger partial charge in [0, 0.05) is 26.7 Å². The predicted octanol–water partition coefficient (Wildman–Crippen LogP) is 3.26. The molecule has 7 heteroatoms. The van der Waals surface area contributed by atoms with Crippen molar-refractivity contribution in [3.05, 3.63) is 29.8 Å². The van der Waals surface area contributed by atoms with Crippen molar-refractivity contribution >= 4 is 29.9 Å². The summed E-state index contributed by atoms with van der Waals surface area (Å²) in [6.07, 6.45) is 2.58. The first-order valence-corrected chi connectivity index (χ1v) is 10.1. The predicted molar refractivity (Wildman–Crippen MR) is 123 cm³/mol. The minimum absolute atomic E-state index is 0. The Hall–Kier alpha value is -1.06. The van der Waals surface area contributed by atoms with Crippen LogP contribution >= 0.6 is 24.0 Å². The highest BCUT2D eigenvalue weighted by molar-refractivity contribution is 14.0. The Morgan fingerprint density at radius 2 is 1.96 bits per heavy atom. The lowest BCUT2D eigenvalue weighted by Gasteiger charge is -2.37. The third-order valence-corrected chi connectivity index (χ3v) is 5.19. The lowest BCUT2D eigenvalue weighted by molar-refractivity contribution is -0.0817. The lowest BCUT2D eigenvalue weighted by Crippen LogP contribution is -2.53. The molecule has 2 fully saturated rings. The van der Waals surface area contributed by atoms with Crippen molar-refractivity contribution in [2.75, 3.05) is 46.5 Å². The Bertz CT molecular complexity index is 603. The second kappa shape index (κ2) is 11.8. The van der Waals surface area contributed by atoms with E-state index in [1.54, 1.807) is 0 Å². The summed E-state index contributed by atoms with van der Waals surface area (Å²) in [4.78, 5) is 6.69. The third-order valence-electron chi connectivity index (χ3n) is 5.19. The van der Waals surface area contributed by atoms with E-state index >= 15 is 0 Å². The molecule has 158 valence electrons. The smallest absolute Gasteiger partial charge is 0.193 e. The van der Waals surface area contributed by atoms with E-state index < -0.39 is 0 Å². The van der Waals surface area contributed by atoms with Gasteiger partial charge in [0.2, 0.25) is 0 Å². The van der Waals surface area contributed by atoms with E-state index in [2.05, 4.69) is 41.2 Å². The molecule has 1 N–H and O–H groups in total. The molecular formula is C21H34IN3O3. The SMILES string of the molecule is CN=C(NCCOc1ccc(C(C)C)cc1)N1CCOC(C2CCCO2)C1.I. The Labute approximate surface area is 186 Å². The Balaban J connectivity index is 0.00000280. The highest BCUT2D eigenvalue weighted by Crippen LogP contribution is 2.21. The summed E-state index contributed by atoms with van der Waals surface area (Å²) >= 11 is 0. The van der Waals surface area contributed by atoms with E-state index in [0.717, 1.165) is 44.2 Å². The van der Waals surface area contributed by atoms with Gasteiger partial charge >= 0.3 is 0 Å². The molecule has 0 bridgehead atoms. The molecule has 28 heavy (non-hydrogen) atoms. The Morgan fingerprint density at radius 1 is 1.21 bits per heavy atom. The van der Waals surface area contributed by atoms with E-state index in [4.69, 9.17) is 14.2 Å². The zero-order valence-corrected chi connectivity index (χ0v) is 19.6. The topological polar surface area (TPSA) is 55.3 Å². The van der Waals surface area contributed by atoms with Crippen molar-refractivity contribution in [3.8, 4) is 5.75 Å². The Kier molecular flexibility index (Phi) is 9.81. The van der Waals surface area contributed by atoms with Gasteiger partial charge in [-0.3, -0.25) is 4.99 Å². The van der Waals surface area contributed by atoms with Crippen LogP contribution in [0.4, 0.5) is 0 Å². The van der Waals surface area contributed by atoms with Crippen molar-refractivity contribution in [3.63, 3.8) is 0 Å². The molecule has 0 amide bonds. The number of guanidine groups is 1. The number of hydrogen-bond donors (Lipinski definition) is 1. The highest BCUT2D eigenvalue weighted by atomic mass is 127. The zero-order valence-electron chi connectivity index (χ0n) is 17.2. The van der Waals surface area contributed by atoms with Crippen LogP contribution in [0.3, 0.4) is 0 Å². The van der Waals surface area contributed by atoms with E-state index in [-0.39, 0.29) is 36.2 Å². The van der Waals surface area contributed by atoms with Crippen molar-refractivity contribution in [2.45, 2.75) is 44.8 Å². The lowest BCUT2D eigenvalue weighted by atomic mass is 10.0. The van der Waals surface area contributed by atoms with Gasteiger partial charge in [0.25, 0.3) is 0 Å². The summed E-state index contributed by atoms with van der Waals surface area (Å²) < 4.78 is 17.6. The monoisotopic (exact) mass is 503 g/mol. The fourth-order valence-corrected chi connectivity index (χ4v) is 3.60. The molecule has 2 aliphatic rings. The summed E-state index contributed by atoms with van der Waals surface area (Å²) in [7, 11) is 1.82. The summed E-state index contributed by atoms with van der Waals surface area (Å²) in [6, 6.07) is 8.34. The molecule has 2 aliphatic heterocycles. The van der Waals surface area contributed by atoms with Crippen LogP contribution in [0.25, 0.3) is 0 Å². The number of hydrogen-bond acceptors (Lipinski definition) is 4.